The minimum Gasteiger partial charge on any atom is -0.493 e. The predicted octanol–water partition coefficient (Wildman–Crippen LogP) is 5.85. The quantitative estimate of drug-likeness (QED) is 0.303. The highest BCUT2D eigenvalue weighted by molar-refractivity contribution is 5.76. The van der Waals surface area contributed by atoms with Crippen molar-refractivity contribution in [2.45, 2.75) is 6.92 Å². The van der Waals surface area contributed by atoms with E-state index >= 15 is 0 Å². The number of nitrogens with one attached hydrogen (secondary N) is 2. The summed E-state index contributed by atoms with van der Waals surface area (Å²) in [6.07, 6.45) is 0. The maximum Gasteiger partial charge on any atom is 0.292 e. The predicted molar refractivity (Wildman–Crippen MR) is 142 cm³/mol. The summed E-state index contributed by atoms with van der Waals surface area (Å²) in [7, 11) is 8.62. The third-order valence-corrected chi connectivity index (χ3v) is 5.89. The molecule has 0 saturated heterocycles. The third-order valence-electron chi connectivity index (χ3n) is 5.89. The Labute approximate surface area is 209 Å². The lowest BCUT2D eigenvalue weighted by atomic mass is 9.99. The van der Waals surface area contributed by atoms with Gasteiger partial charge in [-0.15, -0.1) is 5.11 Å². The van der Waals surface area contributed by atoms with Crippen molar-refractivity contribution < 1.29 is 14.2 Å². The van der Waals surface area contributed by atoms with E-state index in [1.165, 1.54) is 21.3 Å². The minimum atomic E-state index is -0.394. The maximum absolute atomic E-state index is 12.6. The molecule has 2 N–H and O–H groups in total. The Morgan fingerprint density at radius 1 is 0.778 bits per heavy atom. The zero-order valence-electron chi connectivity index (χ0n) is 21.2. The largest absolute Gasteiger partial charge is 0.493 e. The summed E-state index contributed by atoms with van der Waals surface area (Å²) in [5, 5.41) is 14.1. The van der Waals surface area contributed by atoms with Gasteiger partial charge in [-0.2, -0.15) is 5.11 Å². The summed E-state index contributed by atoms with van der Waals surface area (Å²) < 4.78 is 16.3. The molecular formula is C27H29N5O4. The molecule has 36 heavy (non-hydrogen) atoms. The number of azo groups is 1. The van der Waals surface area contributed by atoms with Crippen LogP contribution in [0.15, 0.2) is 69.6 Å². The first-order valence-electron chi connectivity index (χ1n) is 11.3. The van der Waals surface area contributed by atoms with E-state index in [2.05, 4.69) is 56.5 Å². The molecule has 3 aromatic carbocycles. The van der Waals surface area contributed by atoms with Crippen LogP contribution >= 0.6 is 0 Å². The zero-order chi connectivity index (χ0) is 25.8. The SMILES string of the molecule is COc1cc(-c2[nH][nH]c(=O)c2N=Nc2ccc(C)c(-c3ccc(N(C)C)cc3)c2)cc(OC)c1OC. The summed E-state index contributed by atoms with van der Waals surface area (Å²) in [4.78, 5) is 14.6. The van der Waals surface area contributed by atoms with Crippen molar-refractivity contribution in [2.75, 3.05) is 40.3 Å². The molecule has 0 radical (unpaired) electrons. The first kappa shape index (κ1) is 24.6. The highest BCUT2D eigenvalue weighted by atomic mass is 16.5. The van der Waals surface area contributed by atoms with Crippen LogP contribution < -0.4 is 24.7 Å². The van der Waals surface area contributed by atoms with Gasteiger partial charge in [-0.1, -0.05) is 18.2 Å². The van der Waals surface area contributed by atoms with Crippen LogP contribution in [0.25, 0.3) is 22.4 Å². The molecule has 186 valence electrons. The van der Waals surface area contributed by atoms with Crippen molar-refractivity contribution in [1.29, 1.82) is 0 Å². The maximum atomic E-state index is 12.6. The number of H-pyrrole nitrogens is 2. The standard InChI is InChI=1S/C27H29N5O4/c1-16-7-10-19(15-21(16)17-8-11-20(12-9-17)32(2)3)28-30-25-24(29-31-27(25)33)18-13-22(34-4)26(36-6)23(14-18)35-5/h7-15H,1-6H3,(H2,29,31,33). The fraction of sp³-hybridized carbons (Fsp3) is 0.222. The van der Waals surface area contributed by atoms with Gasteiger partial charge in [0, 0.05) is 25.3 Å². The Hall–Kier alpha value is -4.53. The van der Waals surface area contributed by atoms with Crippen LogP contribution in [0.3, 0.4) is 0 Å². The highest BCUT2D eigenvalue weighted by Gasteiger charge is 2.18. The number of methoxy groups -OCH3 is 3. The van der Waals surface area contributed by atoms with Crippen molar-refractivity contribution in [3.05, 3.63) is 70.5 Å². The average Bonchev–Trinajstić information content (AvgIpc) is 3.27. The number of aromatic nitrogens is 2. The second kappa shape index (κ2) is 10.4. The number of anilines is 1. The molecule has 4 rings (SSSR count). The number of hydrogen-bond acceptors (Lipinski definition) is 7. The minimum absolute atomic E-state index is 0.140. The molecule has 1 aromatic heterocycles. The molecule has 0 saturated carbocycles. The average molecular weight is 488 g/mol. The summed E-state index contributed by atoms with van der Waals surface area (Å²) >= 11 is 0. The van der Waals surface area contributed by atoms with Crippen LogP contribution in [-0.4, -0.2) is 45.6 Å². The van der Waals surface area contributed by atoms with E-state index in [9.17, 15) is 4.79 Å². The molecule has 0 atom stereocenters. The Kier molecular flexibility index (Phi) is 7.10. The van der Waals surface area contributed by atoms with Gasteiger partial charge in [0.05, 0.1) is 32.7 Å². The van der Waals surface area contributed by atoms with Crippen LogP contribution in [0.2, 0.25) is 0 Å². The monoisotopic (exact) mass is 487 g/mol. The summed E-state index contributed by atoms with van der Waals surface area (Å²) in [6, 6.07) is 17.6. The van der Waals surface area contributed by atoms with Gasteiger partial charge in [0.2, 0.25) is 5.75 Å². The van der Waals surface area contributed by atoms with Gasteiger partial charge in [0.25, 0.3) is 5.56 Å². The summed E-state index contributed by atoms with van der Waals surface area (Å²) in [5.74, 6) is 1.37. The summed E-state index contributed by atoms with van der Waals surface area (Å²) in [6.45, 7) is 2.05. The van der Waals surface area contributed by atoms with Crippen LogP contribution in [0.1, 0.15) is 5.56 Å². The fourth-order valence-electron chi connectivity index (χ4n) is 3.91. The molecule has 1 heterocycles. The molecule has 0 aliphatic carbocycles. The number of benzene rings is 3. The molecule has 4 aromatic rings. The van der Waals surface area contributed by atoms with Crippen LogP contribution in [0, 0.1) is 6.92 Å². The number of ether oxygens (including phenoxy) is 3. The van der Waals surface area contributed by atoms with Gasteiger partial charge in [0.1, 0.15) is 0 Å². The first-order chi connectivity index (χ1) is 17.4. The lowest BCUT2D eigenvalue weighted by Crippen LogP contribution is -2.07. The zero-order valence-corrected chi connectivity index (χ0v) is 21.2. The number of nitrogens with zero attached hydrogens (tertiary/aromatic N) is 3. The van der Waals surface area contributed by atoms with Crippen LogP contribution in [0.4, 0.5) is 17.1 Å². The second-order valence-corrected chi connectivity index (χ2v) is 8.36. The van der Waals surface area contributed by atoms with E-state index < -0.39 is 5.56 Å². The number of aryl methyl sites for hydroxylation is 1. The molecule has 0 spiro atoms. The topological polar surface area (TPSA) is 104 Å². The molecule has 0 aliphatic rings. The highest BCUT2D eigenvalue weighted by Crippen LogP contribution is 2.42. The van der Waals surface area contributed by atoms with Gasteiger partial charge >= 0.3 is 0 Å². The van der Waals surface area contributed by atoms with Crippen LogP contribution in [-0.2, 0) is 0 Å². The number of rotatable bonds is 8. The number of aromatic amines is 2. The Balaban J connectivity index is 1.71. The molecule has 0 unspecified atom stereocenters. The fourth-order valence-corrected chi connectivity index (χ4v) is 3.91. The van der Waals surface area contributed by atoms with Crippen molar-refractivity contribution in [3.8, 4) is 39.6 Å². The van der Waals surface area contributed by atoms with Gasteiger partial charge in [-0.25, -0.2) is 0 Å². The molecular weight excluding hydrogens is 458 g/mol. The van der Waals surface area contributed by atoms with Crippen molar-refractivity contribution in [2.24, 2.45) is 10.2 Å². The van der Waals surface area contributed by atoms with Gasteiger partial charge in [-0.3, -0.25) is 15.0 Å². The normalized spacial score (nSPS) is 11.1. The Morgan fingerprint density at radius 2 is 1.44 bits per heavy atom. The smallest absolute Gasteiger partial charge is 0.292 e. The van der Waals surface area contributed by atoms with Gasteiger partial charge in [-0.05, 0) is 60.0 Å². The second-order valence-electron chi connectivity index (χ2n) is 8.36. The van der Waals surface area contributed by atoms with Gasteiger partial charge in [0.15, 0.2) is 17.2 Å². The van der Waals surface area contributed by atoms with E-state index in [4.69, 9.17) is 14.2 Å². The van der Waals surface area contributed by atoms with Gasteiger partial charge < -0.3 is 19.1 Å². The van der Waals surface area contributed by atoms with Crippen LogP contribution in [0.5, 0.6) is 17.2 Å². The first-order valence-corrected chi connectivity index (χ1v) is 11.3. The van der Waals surface area contributed by atoms with E-state index in [1.807, 2.05) is 32.3 Å². The van der Waals surface area contributed by atoms with Crippen molar-refractivity contribution >= 4 is 17.1 Å². The Bertz CT molecular complexity index is 1430. The molecule has 0 aliphatic heterocycles. The van der Waals surface area contributed by atoms with E-state index in [0.717, 1.165) is 22.4 Å². The number of hydrogen-bond donors (Lipinski definition) is 2. The molecule has 9 nitrogen and oxygen atoms in total. The van der Waals surface area contributed by atoms with E-state index in [-0.39, 0.29) is 5.69 Å². The summed E-state index contributed by atoms with van der Waals surface area (Å²) in [5.41, 5.74) is 5.82. The molecule has 0 bridgehead atoms. The molecule has 0 amide bonds. The molecule has 9 heteroatoms. The van der Waals surface area contributed by atoms with Crippen molar-refractivity contribution in [1.82, 2.24) is 10.2 Å². The Morgan fingerprint density at radius 3 is 2.03 bits per heavy atom. The third kappa shape index (κ3) is 4.81. The molecule has 0 fully saturated rings. The lowest BCUT2D eigenvalue weighted by Gasteiger charge is -2.14. The van der Waals surface area contributed by atoms with E-state index in [0.29, 0.717) is 34.2 Å². The van der Waals surface area contributed by atoms with Crippen molar-refractivity contribution in [3.63, 3.8) is 0 Å². The lowest BCUT2D eigenvalue weighted by molar-refractivity contribution is 0.324. The van der Waals surface area contributed by atoms with E-state index in [1.54, 1.807) is 12.1 Å².